The van der Waals surface area contributed by atoms with Gasteiger partial charge in [-0.15, -0.1) is 0 Å². The standard InChI is InChI=1S/C8H16O5S.C7H13IO2.C7H14O3.CH3ClO2S.HI.Na/c1-8(2)11-6-7(13-8)4-5-12-14(3,9)10;2*1-7(2)9-5-6(10-7)3-4-8;1-5(2,3)4;;/h7H,4-6H2,1-3H3;6H,3-5H2,1-2H3;6,8H,3-5H2,1-2H3;1H3;1H;/q;;;;;+1/p-1/t7-;2*6-;;;/m000.../s1. The molecule has 3 aliphatic rings. The quantitative estimate of drug-likeness (QED) is 0.0881. The topological polar surface area (TPSA) is 153 Å². The summed E-state index contributed by atoms with van der Waals surface area (Å²) in [6, 6.07) is 0. The molecule has 3 aliphatic heterocycles. The van der Waals surface area contributed by atoms with Gasteiger partial charge in [0, 0.05) is 28.1 Å². The van der Waals surface area contributed by atoms with Crippen molar-refractivity contribution in [1.82, 2.24) is 0 Å². The van der Waals surface area contributed by atoms with Crippen LogP contribution in [0.25, 0.3) is 0 Å². The Hall–Kier alpha value is 2.33. The van der Waals surface area contributed by atoms with Crippen molar-refractivity contribution < 1.29 is 108 Å². The number of hydrogen-bond donors (Lipinski definition) is 1. The van der Waals surface area contributed by atoms with Crippen molar-refractivity contribution in [3.05, 3.63) is 0 Å². The average molecular weight is 891 g/mol. The summed E-state index contributed by atoms with van der Waals surface area (Å²) < 4.78 is 78.2. The van der Waals surface area contributed by atoms with Gasteiger partial charge >= 0.3 is 29.6 Å². The monoisotopic (exact) mass is 890 g/mol. The molecule has 12 nitrogen and oxygen atoms in total. The molecule has 0 aliphatic carbocycles. The maximum absolute atomic E-state index is 10.6. The number of rotatable bonds is 8. The third-order valence-corrected chi connectivity index (χ3v) is 6.04. The number of aliphatic hydroxyl groups is 1. The Kier molecular flexibility index (Phi) is 25.6. The summed E-state index contributed by atoms with van der Waals surface area (Å²) in [5, 5.41) is 8.56. The van der Waals surface area contributed by atoms with Crippen LogP contribution in [0.4, 0.5) is 0 Å². The second-order valence-corrected chi connectivity index (χ2v) is 16.1. The summed E-state index contributed by atoms with van der Waals surface area (Å²) in [7, 11) is -2.03. The number of hydrogen-bond acceptors (Lipinski definition) is 12. The molecule has 3 saturated heterocycles. The first-order valence-electron chi connectivity index (χ1n) is 12.4. The molecule has 1 N–H and O–H groups in total. The van der Waals surface area contributed by atoms with E-state index in [2.05, 4.69) is 37.5 Å². The molecule has 0 bridgehead atoms. The minimum atomic E-state index is -3.34. The van der Waals surface area contributed by atoms with E-state index < -0.39 is 30.7 Å². The number of alkyl halides is 1. The van der Waals surface area contributed by atoms with Gasteiger partial charge in [-0.2, -0.15) is 8.42 Å². The summed E-state index contributed by atoms with van der Waals surface area (Å²) >= 11 is 2.35. The minimum absolute atomic E-state index is 0. The smallest absolute Gasteiger partial charge is 1.00 e. The van der Waals surface area contributed by atoms with Gasteiger partial charge in [-0.25, -0.2) is 8.42 Å². The fraction of sp³-hybridized carbons (Fsp3) is 1.00. The summed E-state index contributed by atoms with van der Waals surface area (Å²) in [5.41, 5.74) is 0. The fourth-order valence-electron chi connectivity index (χ4n) is 3.31. The first-order chi connectivity index (χ1) is 17.6. The van der Waals surface area contributed by atoms with Crippen LogP contribution in [0, 0.1) is 0 Å². The Morgan fingerprint density at radius 3 is 1.34 bits per heavy atom. The van der Waals surface area contributed by atoms with Crippen LogP contribution in [-0.2, 0) is 51.8 Å². The molecular formula is C23H46ClI2NaO12S2. The van der Waals surface area contributed by atoms with E-state index in [1.807, 2.05) is 41.5 Å². The molecule has 0 aromatic carbocycles. The van der Waals surface area contributed by atoms with Crippen LogP contribution in [0.1, 0.15) is 60.8 Å². The summed E-state index contributed by atoms with van der Waals surface area (Å²) in [6.45, 7) is 13.5. The Bertz CT molecular complexity index is 872. The summed E-state index contributed by atoms with van der Waals surface area (Å²) in [5.74, 6) is -1.34. The van der Waals surface area contributed by atoms with E-state index in [0.29, 0.717) is 32.2 Å². The molecule has 3 atom stereocenters. The van der Waals surface area contributed by atoms with E-state index in [4.69, 9.17) is 33.5 Å². The van der Waals surface area contributed by atoms with Crippen molar-refractivity contribution in [3.63, 3.8) is 0 Å². The third-order valence-electron chi connectivity index (χ3n) is 4.82. The Labute approximate surface area is 303 Å². The molecule has 3 fully saturated rings. The predicted molar refractivity (Wildman–Crippen MR) is 156 cm³/mol. The largest absolute Gasteiger partial charge is 1.00 e. The number of aliphatic hydroxyl groups excluding tert-OH is 1. The van der Waals surface area contributed by atoms with Crippen LogP contribution < -0.4 is 53.5 Å². The van der Waals surface area contributed by atoms with Crippen LogP contribution in [0.3, 0.4) is 0 Å². The first kappa shape index (κ1) is 47.7. The Balaban J connectivity index is -0.000000484. The molecule has 0 saturated carbocycles. The molecule has 0 aromatic heterocycles. The maximum Gasteiger partial charge on any atom is 1.00 e. The zero-order chi connectivity index (χ0) is 30.5. The molecule has 18 heteroatoms. The molecule has 0 spiro atoms. The molecule has 3 heterocycles. The zero-order valence-electron chi connectivity index (χ0n) is 25.5. The van der Waals surface area contributed by atoms with Gasteiger partial charge in [0.25, 0.3) is 10.1 Å². The van der Waals surface area contributed by atoms with E-state index in [1.54, 1.807) is 0 Å². The van der Waals surface area contributed by atoms with Gasteiger partial charge in [-0.05, 0) is 54.4 Å². The minimum Gasteiger partial charge on any atom is -1.00 e. The van der Waals surface area contributed by atoms with Gasteiger partial charge in [-0.3, -0.25) is 4.18 Å². The predicted octanol–water partition coefficient (Wildman–Crippen LogP) is -2.82. The first-order valence-corrected chi connectivity index (χ1v) is 18.5. The normalized spacial score (nSPS) is 25.6. The summed E-state index contributed by atoms with van der Waals surface area (Å²) in [4.78, 5) is 0. The van der Waals surface area contributed by atoms with Gasteiger partial charge in [0.05, 0.1) is 57.3 Å². The van der Waals surface area contributed by atoms with Crippen molar-refractivity contribution in [2.75, 3.05) is 50.0 Å². The maximum atomic E-state index is 10.6. The molecule has 41 heavy (non-hydrogen) atoms. The van der Waals surface area contributed by atoms with Crippen LogP contribution in [0.15, 0.2) is 0 Å². The van der Waals surface area contributed by atoms with E-state index >= 15 is 0 Å². The average Bonchev–Trinajstić information content (AvgIpc) is 3.37. The van der Waals surface area contributed by atoms with Crippen molar-refractivity contribution in [1.29, 1.82) is 0 Å². The van der Waals surface area contributed by atoms with Crippen LogP contribution in [0.2, 0.25) is 0 Å². The molecule has 0 unspecified atom stereocenters. The SMILES string of the molecule is CC1(C)OC[C@H](CCI)O1.CC1(C)OC[C@H](CCO)O1.CC1(C)OC[C@H](CCOS(C)(=O)=O)O1.CS(=O)(=O)Cl.[I-].[Na+]. The molecule has 0 radical (unpaired) electrons. The van der Waals surface area contributed by atoms with Gasteiger partial charge < -0.3 is 57.5 Å². The van der Waals surface area contributed by atoms with E-state index in [1.165, 1.54) is 0 Å². The molecule has 244 valence electrons. The molecule has 3 rings (SSSR count). The van der Waals surface area contributed by atoms with Crippen LogP contribution >= 0.6 is 33.3 Å². The Morgan fingerprint density at radius 2 is 1.10 bits per heavy atom. The molecule has 0 aromatic rings. The summed E-state index contributed by atoms with van der Waals surface area (Å²) in [6.07, 6.45) is 4.58. The zero-order valence-corrected chi connectivity index (χ0v) is 34.2. The number of ether oxygens (including phenoxy) is 6. The van der Waals surface area contributed by atoms with E-state index in [9.17, 15) is 16.8 Å². The van der Waals surface area contributed by atoms with Crippen molar-refractivity contribution in [3.8, 4) is 0 Å². The molecule has 0 amide bonds. The van der Waals surface area contributed by atoms with Gasteiger partial charge in [-0.1, -0.05) is 22.6 Å². The van der Waals surface area contributed by atoms with Crippen molar-refractivity contribution in [2.24, 2.45) is 0 Å². The Morgan fingerprint density at radius 1 is 0.780 bits per heavy atom. The van der Waals surface area contributed by atoms with Crippen LogP contribution in [-0.4, -0.2) is 108 Å². The van der Waals surface area contributed by atoms with Crippen molar-refractivity contribution >= 4 is 52.4 Å². The third kappa shape index (κ3) is 29.5. The van der Waals surface area contributed by atoms with Crippen molar-refractivity contribution in [2.45, 2.75) is 96.5 Å². The fourth-order valence-corrected chi connectivity index (χ4v) is 4.41. The van der Waals surface area contributed by atoms with E-state index in [0.717, 1.165) is 30.0 Å². The van der Waals surface area contributed by atoms with Gasteiger partial charge in [0.15, 0.2) is 17.4 Å². The van der Waals surface area contributed by atoms with Gasteiger partial charge in [0.1, 0.15) is 0 Å². The van der Waals surface area contributed by atoms with E-state index in [-0.39, 0.29) is 84.7 Å². The second kappa shape index (κ2) is 22.0. The van der Waals surface area contributed by atoms with Crippen LogP contribution in [0.5, 0.6) is 0 Å². The second-order valence-electron chi connectivity index (χ2n) is 10.3. The molecular weight excluding hydrogens is 845 g/mol. The van der Waals surface area contributed by atoms with Gasteiger partial charge in [0.2, 0.25) is 9.05 Å². The number of halogens is 3.